The maximum Gasteiger partial charge on any atom is 0.240 e. The molecule has 1 aromatic heterocycles. The van der Waals surface area contributed by atoms with Gasteiger partial charge in [0.25, 0.3) is 0 Å². The summed E-state index contributed by atoms with van der Waals surface area (Å²) in [4.78, 5) is 0.338. The minimum absolute atomic E-state index is 0.0517. The summed E-state index contributed by atoms with van der Waals surface area (Å²) in [5, 5.41) is 6.23. The van der Waals surface area contributed by atoms with Crippen LogP contribution in [0.3, 0.4) is 0 Å². The smallest absolute Gasteiger partial charge is 0.210 e. The minimum atomic E-state index is -3.52. The van der Waals surface area contributed by atoms with Gasteiger partial charge in [-0.2, -0.15) is 11.3 Å². The molecule has 5 heteroatoms. The Morgan fingerprint density at radius 1 is 1.00 bits per heavy atom. The number of hydrogen-bond donors (Lipinski definition) is 1. The highest BCUT2D eigenvalue weighted by Gasteiger charge is 2.37. The zero-order valence-electron chi connectivity index (χ0n) is 13.9. The van der Waals surface area contributed by atoms with Crippen LogP contribution < -0.4 is 4.72 Å². The lowest BCUT2D eigenvalue weighted by atomic mass is 9.81. The van der Waals surface area contributed by atoms with Crippen LogP contribution in [0.25, 0.3) is 10.8 Å². The molecule has 3 aromatic rings. The first-order valence-corrected chi connectivity index (χ1v) is 11.0. The average molecular weight is 372 g/mol. The quantitative estimate of drug-likeness (QED) is 0.707. The molecule has 130 valence electrons. The second-order valence-corrected chi connectivity index (χ2v) is 9.38. The van der Waals surface area contributed by atoms with E-state index in [9.17, 15) is 8.42 Å². The molecule has 3 nitrogen and oxygen atoms in total. The Kier molecular flexibility index (Phi) is 4.40. The van der Waals surface area contributed by atoms with Crippen LogP contribution in [-0.2, 0) is 15.4 Å². The van der Waals surface area contributed by atoms with Gasteiger partial charge in [0.15, 0.2) is 0 Å². The fourth-order valence-corrected chi connectivity index (χ4v) is 5.78. The van der Waals surface area contributed by atoms with E-state index in [0.29, 0.717) is 11.4 Å². The van der Waals surface area contributed by atoms with Crippen LogP contribution in [0.2, 0.25) is 0 Å². The number of thiophene rings is 1. The number of rotatable bonds is 5. The van der Waals surface area contributed by atoms with Crippen molar-refractivity contribution >= 4 is 32.1 Å². The van der Waals surface area contributed by atoms with Gasteiger partial charge in [-0.3, -0.25) is 0 Å². The lowest BCUT2D eigenvalue weighted by Gasteiger charge is -2.28. The third-order valence-corrected chi connectivity index (χ3v) is 7.41. The topological polar surface area (TPSA) is 46.2 Å². The molecule has 0 saturated heterocycles. The van der Waals surface area contributed by atoms with Gasteiger partial charge in [0.05, 0.1) is 4.90 Å². The predicted octanol–water partition coefficient (Wildman–Crippen LogP) is 4.69. The minimum Gasteiger partial charge on any atom is -0.210 e. The Labute approximate surface area is 152 Å². The third-order valence-electron chi connectivity index (χ3n) is 5.33. The standard InChI is InChI=1S/C20H21NO2S2/c22-25(23,19-8-7-16-5-1-2-6-17(16)13-19)21-15-20(10-3-4-11-20)18-9-12-24-14-18/h1-2,5-9,12-14,21H,3-4,10-11,15H2. The number of nitrogens with one attached hydrogen (secondary N) is 1. The van der Waals surface area contributed by atoms with Gasteiger partial charge in [-0.1, -0.05) is 43.2 Å². The summed E-state index contributed by atoms with van der Waals surface area (Å²) < 4.78 is 28.6. The van der Waals surface area contributed by atoms with Gasteiger partial charge < -0.3 is 0 Å². The van der Waals surface area contributed by atoms with Crippen LogP contribution in [0.15, 0.2) is 64.2 Å². The summed E-state index contributed by atoms with van der Waals surface area (Å²) in [5.74, 6) is 0. The highest BCUT2D eigenvalue weighted by molar-refractivity contribution is 7.89. The summed E-state index contributed by atoms with van der Waals surface area (Å²) in [7, 11) is -3.52. The van der Waals surface area contributed by atoms with Crippen molar-refractivity contribution in [1.29, 1.82) is 0 Å². The lowest BCUT2D eigenvalue weighted by molar-refractivity contribution is 0.433. The number of fused-ring (bicyclic) bond motifs is 1. The molecule has 1 N–H and O–H groups in total. The Morgan fingerprint density at radius 3 is 2.48 bits per heavy atom. The average Bonchev–Trinajstić information content (AvgIpc) is 3.32. The third kappa shape index (κ3) is 3.24. The summed E-state index contributed by atoms with van der Waals surface area (Å²) in [6, 6.07) is 15.3. The van der Waals surface area contributed by atoms with Crippen molar-refractivity contribution in [3.05, 3.63) is 64.9 Å². The zero-order chi connectivity index (χ0) is 17.3. The molecule has 1 heterocycles. The molecule has 0 radical (unpaired) electrons. The van der Waals surface area contributed by atoms with Crippen LogP contribution in [-0.4, -0.2) is 15.0 Å². The largest absolute Gasteiger partial charge is 0.240 e. The second kappa shape index (κ2) is 6.56. The van der Waals surface area contributed by atoms with E-state index in [2.05, 4.69) is 21.5 Å². The molecule has 0 aliphatic heterocycles. The number of hydrogen-bond acceptors (Lipinski definition) is 3. The first kappa shape index (κ1) is 16.8. The normalized spacial score (nSPS) is 17.1. The van der Waals surface area contributed by atoms with Crippen molar-refractivity contribution in [2.24, 2.45) is 0 Å². The molecule has 0 bridgehead atoms. The van der Waals surface area contributed by atoms with E-state index in [1.165, 1.54) is 5.56 Å². The van der Waals surface area contributed by atoms with E-state index in [1.54, 1.807) is 23.5 Å². The van der Waals surface area contributed by atoms with Gasteiger partial charge in [0.2, 0.25) is 10.0 Å². The molecular formula is C20H21NO2S2. The molecule has 1 fully saturated rings. The maximum atomic E-state index is 12.8. The van der Waals surface area contributed by atoms with E-state index in [0.717, 1.165) is 36.5 Å². The van der Waals surface area contributed by atoms with E-state index < -0.39 is 10.0 Å². The summed E-state index contributed by atoms with van der Waals surface area (Å²) in [6.07, 6.45) is 4.41. The fourth-order valence-electron chi connectivity index (χ4n) is 3.84. The van der Waals surface area contributed by atoms with Crippen LogP contribution >= 0.6 is 11.3 Å². The van der Waals surface area contributed by atoms with Crippen molar-refractivity contribution < 1.29 is 8.42 Å². The molecule has 1 saturated carbocycles. The van der Waals surface area contributed by atoms with Crippen molar-refractivity contribution in [2.45, 2.75) is 36.0 Å². The highest BCUT2D eigenvalue weighted by Crippen LogP contribution is 2.41. The maximum absolute atomic E-state index is 12.8. The van der Waals surface area contributed by atoms with Crippen molar-refractivity contribution in [3.63, 3.8) is 0 Å². The second-order valence-electron chi connectivity index (χ2n) is 6.83. The Morgan fingerprint density at radius 2 is 1.76 bits per heavy atom. The molecule has 4 rings (SSSR count). The Hall–Kier alpha value is -1.69. The van der Waals surface area contributed by atoms with Gasteiger partial charge in [-0.15, -0.1) is 0 Å². The van der Waals surface area contributed by atoms with Gasteiger partial charge in [0.1, 0.15) is 0 Å². The van der Waals surface area contributed by atoms with Crippen molar-refractivity contribution in [3.8, 4) is 0 Å². The van der Waals surface area contributed by atoms with Gasteiger partial charge in [0, 0.05) is 12.0 Å². The van der Waals surface area contributed by atoms with Crippen molar-refractivity contribution in [2.75, 3.05) is 6.54 Å². The Bertz CT molecular complexity index is 972. The van der Waals surface area contributed by atoms with Crippen LogP contribution in [0.1, 0.15) is 31.2 Å². The van der Waals surface area contributed by atoms with Crippen LogP contribution in [0, 0.1) is 0 Å². The van der Waals surface area contributed by atoms with Crippen molar-refractivity contribution in [1.82, 2.24) is 4.72 Å². The van der Waals surface area contributed by atoms with Gasteiger partial charge in [-0.25, -0.2) is 13.1 Å². The lowest BCUT2D eigenvalue weighted by Crippen LogP contribution is -2.38. The molecule has 0 unspecified atom stereocenters. The highest BCUT2D eigenvalue weighted by atomic mass is 32.2. The summed E-state index contributed by atoms with van der Waals surface area (Å²) >= 11 is 1.68. The SMILES string of the molecule is O=S(=O)(NCC1(c2ccsc2)CCCC1)c1ccc2ccccc2c1. The summed E-state index contributed by atoms with van der Waals surface area (Å²) in [5.41, 5.74) is 1.22. The fraction of sp³-hybridized carbons (Fsp3) is 0.300. The molecule has 0 spiro atoms. The number of sulfonamides is 1. The molecule has 1 aliphatic rings. The van der Waals surface area contributed by atoms with E-state index in [4.69, 9.17) is 0 Å². The molecule has 0 atom stereocenters. The molecule has 2 aromatic carbocycles. The molecular weight excluding hydrogens is 350 g/mol. The summed E-state index contributed by atoms with van der Waals surface area (Å²) in [6.45, 7) is 0.471. The first-order chi connectivity index (χ1) is 12.1. The van der Waals surface area contributed by atoms with Crippen LogP contribution in [0.5, 0.6) is 0 Å². The zero-order valence-corrected chi connectivity index (χ0v) is 15.6. The van der Waals surface area contributed by atoms with E-state index >= 15 is 0 Å². The molecule has 0 amide bonds. The Balaban J connectivity index is 1.60. The van der Waals surface area contributed by atoms with Gasteiger partial charge in [-0.05, 0) is 58.1 Å². The van der Waals surface area contributed by atoms with E-state index in [-0.39, 0.29) is 5.41 Å². The van der Waals surface area contributed by atoms with E-state index in [1.807, 2.05) is 30.3 Å². The van der Waals surface area contributed by atoms with Gasteiger partial charge >= 0.3 is 0 Å². The van der Waals surface area contributed by atoms with Crippen LogP contribution in [0.4, 0.5) is 0 Å². The predicted molar refractivity (Wildman–Crippen MR) is 104 cm³/mol. The molecule has 25 heavy (non-hydrogen) atoms. The first-order valence-electron chi connectivity index (χ1n) is 8.60. The molecule has 1 aliphatic carbocycles. The number of benzene rings is 2. The monoisotopic (exact) mass is 371 g/mol.